The molecule has 6 nitrogen and oxygen atoms in total. The molecule has 2 N–H and O–H groups in total. The molecule has 0 saturated heterocycles. The van der Waals surface area contributed by atoms with Crippen molar-refractivity contribution in [1.29, 1.82) is 0 Å². The lowest BCUT2D eigenvalue weighted by atomic mass is 10.2. The molecule has 0 aliphatic heterocycles. The third-order valence-electron chi connectivity index (χ3n) is 1.98. The minimum absolute atomic E-state index is 0.248. The monoisotopic (exact) mass is 252 g/mol. The van der Waals surface area contributed by atoms with E-state index < -0.39 is 11.7 Å². The molecule has 0 aliphatic carbocycles. The topological polar surface area (TPSA) is 76.1 Å². The van der Waals surface area contributed by atoms with Gasteiger partial charge in [-0.1, -0.05) is 0 Å². The molecule has 1 aromatic heterocycles. The summed E-state index contributed by atoms with van der Waals surface area (Å²) >= 11 is 0. The molecule has 0 saturated carbocycles. The van der Waals surface area contributed by atoms with Crippen molar-refractivity contribution in [3.05, 3.63) is 18.0 Å². The van der Waals surface area contributed by atoms with Crippen LogP contribution in [0, 0.1) is 0 Å². The number of ether oxygens (including phenoxy) is 1. The zero-order valence-electron chi connectivity index (χ0n) is 11.3. The second-order valence-electron chi connectivity index (χ2n) is 4.90. The van der Waals surface area contributed by atoms with Gasteiger partial charge in [-0.05, 0) is 46.3 Å². The molecule has 100 valence electrons. The summed E-state index contributed by atoms with van der Waals surface area (Å²) in [5.41, 5.74) is 0.482. The normalized spacial score (nSPS) is 11.1. The first kappa shape index (κ1) is 14.4. The molecule has 0 aliphatic rings. The Bertz CT molecular complexity index is 384. The lowest BCUT2D eigenvalue weighted by Gasteiger charge is -2.19. The number of hydrogen-bond donors (Lipinski definition) is 2. The van der Waals surface area contributed by atoms with E-state index in [2.05, 4.69) is 20.6 Å². The van der Waals surface area contributed by atoms with Gasteiger partial charge in [0.2, 0.25) is 5.95 Å². The largest absolute Gasteiger partial charge is 0.444 e. The van der Waals surface area contributed by atoms with E-state index in [-0.39, 0.29) is 5.95 Å². The molecule has 1 rings (SSSR count). The van der Waals surface area contributed by atoms with Gasteiger partial charge in [-0.3, -0.25) is 5.32 Å². The highest BCUT2D eigenvalue weighted by atomic mass is 16.6. The van der Waals surface area contributed by atoms with Crippen LogP contribution in [0.4, 0.5) is 10.7 Å². The molecule has 18 heavy (non-hydrogen) atoms. The van der Waals surface area contributed by atoms with Crippen molar-refractivity contribution in [2.24, 2.45) is 0 Å². The maximum Gasteiger partial charge on any atom is 0.414 e. The van der Waals surface area contributed by atoms with E-state index >= 15 is 0 Å². The minimum Gasteiger partial charge on any atom is -0.444 e. The van der Waals surface area contributed by atoms with Gasteiger partial charge >= 0.3 is 6.09 Å². The highest BCUT2D eigenvalue weighted by Gasteiger charge is 2.16. The predicted molar refractivity (Wildman–Crippen MR) is 69.5 cm³/mol. The average molecular weight is 252 g/mol. The Morgan fingerprint density at radius 3 is 2.44 bits per heavy atom. The summed E-state index contributed by atoms with van der Waals surface area (Å²) in [6.07, 6.45) is 3.68. The van der Waals surface area contributed by atoms with Gasteiger partial charge in [-0.2, -0.15) is 0 Å². The van der Waals surface area contributed by atoms with Gasteiger partial charge in [0.1, 0.15) is 5.60 Å². The second-order valence-corrected chi connectivity index (χ2v) is 4.90. The first-order valence-electron chi connectivity index (χ1n) is 5.86. The number of carbonyl (C=O) groups is 1. The molecule has 0 spiro atoms. The van der Waals surface area contributed by atoms with Gasteiger partial charge in [-0.15, -0.1) is 0 Å². The maximum absolute atomic E-state index is 11.5. The smallest absolute Gasteiger partial charge is 0.414 e. The molecule has 1 aromatic rings. The van der Waals surface area contributed by atoms with Crippen LogP contribution >= 0.6 is 0 Å². The molecule has 0 atom stereocenters. The number of likely N-dealkylation sites (N-methyl/N-ethyl adjacent to an activating group) is 1. The van der Waals surface area contributed by atoms with Crippen molar-refractivity contribution < 1.29 is 9.53 Å². The van der Waals surface area contributed by atoms with Crippen LogP contribution in [0.2, 0.25) is 0 Å². The Hall–Kier alpha value is -1.69. The molecular weight excluding hydrogens is 232 g/mol. The number of nitrogens with one attached hydrogen (secondary N) is 2. The van der Waals surface area contributed by atoms with Gasteiger partial charge in [0.05, 0.1) is 0 Å². The van der Waals surface area contributed by atoms with Crippen molar-refractivity contribution >= 4 is 12.0 Å². The second kappa shape index (κ2) is 6.30. The number of nitrogens with zero attached hydrogens (tertiary/aromatic N) is 2. The maximum atomic E-state index is 11.5. The Balaban J connectivity index is 2.50. The molecule has 1 amide bonds. The summed E-state index contributed by atoms with van der Waals surface area (Å²) in [7, 11) is 1.89. The van der Waals surface area contributed by atoms with Crippen molar-refractivity contribution in [2.75, 3.05) is 18.9 Å². The average Bonchev–Trinajstić information content (AvgIpc) is 2.25. The number of aromatic nitrogens is 2. The number of carbonyl (C=O) groups excluding carboxylic acids is 1. The fraction of sp³-hybridized carbons (Fsp3) is 0.583. The quantitative estimate of drug-likeness (QED) is 0.851. The van der Waals surface area contributed by atoms with Crippen LogP contribution in [0.3, 0.4) is 0 Å². The molecular formula is C12H20N4O2. The van der Waals surface area contributed by atoms with Crippen LogP contribution in [0.15, 0.2) is 12.4 Å². The van der Waals surface area contributed by atoms with E-state index in [4.69, 9.17) is 4.74 Å². The molecule has 0 radical (unpaired) electrons. The summed E-state index contributed by atoms with van der Waals surface area (Å²) < 4.78 is 5.10. The minimum atomic E-state index is -0.550. The predicted octanol–water partition coefficient (Wildman–Crippen LogP) is 1.59. The van der Waals surface area contributed by atoms with Gasteiger partial charge in [-0.25, -0.2) is 14.8 Å². The first-order valence-corrected chi connectivity index (χ1v) is 5.86. The van der Waals surface area contributed by atoms with Crippen molar-refractivity contribution in [2.45, 2.75) is 32.8 Å². The highest BCUT2D eigenvalue weighted by Crippen LogP contribution is 2.08. The van der Waals surface area contributed by atoms with E-state index in [1.54, 1.807) is 33.2 Å². The third-order valence-corrected chi connectivity index (χ3v) is 1.98. The number of anilines is 1. The summed E-state index contributed by atoms with van der Waals surface area (Å²) in [5.74, 6) is 0.248. The summed E-state index contributed by atoms with van der Waals surface area (Å²) in [6.45, 7) is 6.26. The fourth-order valence-electron chi connectivity index (χ4n) is 1.21. The van der Waals surface area contributed by atoms with Crippen LogP contribution < -0.4 is 10.6 Å². The summed E-state index contributed by atoms with van der Waals surface area (Å²) in [5, 5.41) is 5.53. The molecule has 0 unspecified atom stereocenters. The van der Waals surface area contributed by atoms with E-state index in [9.17, 15) is 4.79 Å². The molecule has 1 heterocycles. The fourth-order valence-corrected chi connectivity index (χ4v) is 1.21. The van der Waals surface area contributed by atoms with Crippen LogP contribution in [0.5, 0.6) is 0 Å². The number of rotatable bonds is 4. The van der Waals surface area contributed by atoms with Crippen LogP contribution in [-0.2, 0) is 11.2 Å². The Morgan fingerprint density at radius 1 is 1.33 bits per heavy atom. The standard InChI is InChI=1S/C12H20N4O2/c1-12(2,3)18-11(17)16-10-14-7-9(8-15-10)5-6-13-4/h7-8,13H,5-6H2,1-4H3,(H,14,15,16,17). The lowest BCUT2D eigenvalue weighted by Crippen LogP contribution is -2.27. The van der Waals surface area contributed by atoms with Crippen molar-refractivity contribution in [1.82, 2.24) is 15.3 Å². The lowest BCUT2D eigenvalue weighted by molar-refractivity contribution is 0.0634. The molecule has 0 aromatic carbocycles. The first-order chi connectivity index (χ1) is 8.40. The highest BCUT2D eigenvalue weighted by molar-refractivity contribution is 5.82. The van der Waals surface area contributed by atoms with Gasteiger partial charge < -0.3 is 10.1 Å². The number of amides is 1. The van der Waals surface area contributed by atoms with Crippen LogP contribution in [-0.4, -0.2) is 35.3 Å². The summed E-state index contributed by atoms with van der Waals surface area (Å²) in [6, 6.07) is 0. The molecule has 0 fully saturated rings. The third kappa shape index (κ3) is 5.58. The van der Waals surface area contributed by atoms with E-state index in [0.717, 1.165) is 18.5 Å². The zero-order chi connectivity index (χ0) is 13.6. The molecule has 0 bridgehead atoms. The summed E-state index contributed by atoms with van der Waals surface area (Å²) in [4.78, 5) is 19.6. The zero-order valence-corrected chi connectivity index (χ0v) is 11.3. The van der Waals surface area contributed by atoms with Gasteiger partial charge in [0.25, 0.3) is 0 Å². The van der Waals surface area contributed by atoms with Crippen LogP contribution in [0.1, 0.15) is 26.3 Å². The van der Waals surface area contributed by atoms with Crippen LogP contribution in [0.25, 0.3) is 0 Å². The van der Waals surface area contributed by atoms with Gasteiger partial charge in [0, 0.05) is 12.4 Å². The van der Waals surface area contributed by atoms with Crippen molar-refractivity contribution in [3.63, 3.8) is 0 Å². The van der Waals surface area contributed by atoms with E-state index in [1.165, 1.54) is 0 Å². The molecule has 6 heteroatoms. The van der Waals surface area contributed by atoms with E-state index in [1.807, 2.05) is 7.05 Å². The number of hydrogen-bond acceptors (Lipinski definition) is 5. The SMILES string of the molecule is CNCCc1cnc(NC(=O)OC(C)(C)C)nc1. The van der Waals surface area contributed by atoms with Gasteiger partial charge in [0.15, 0.2) is 0 Å². The van der Waals surface area contributed by atoms with Crippen molar-refractivity contribution in [3.8, 4) is 0 Å². The Morgan fingerprint density at radius 2 is 1.94 bits per heavy atom. The Kier molecular flexibility index (Phi) is 5.03. The Labute approximate surface area is 107 Å². The van der Waals surface area contributed by atoms with E-state index in [0.29, 0.717) is 0 Å².